The lowest BCUT2D eigenvalue weighted by Gasteiger charge is -2.44. The van der Waals surface area contributed by atoms with Crippen LogP contribution in [0, 0.1) is 5.92 Å². The summed E-state index contributed by atoms with van der Waals surface area (Å²) in [6, 6.07) is 11.0. The normalized spacial score (nSPS) is 15.0. The van der Waals surface area contributed by atoms with Crippen LogP contribution < -0.4 is 14.8 Å². The monoisotopic (exact) mass is 1070 g/mol. The number of methoxy groups -OCH3 is 1. The van der Waals surface area contributed by atoms with Gasteiger partial charge in [0.25, 0.3) is 0 Å². The number of ether oxygens (including phenoxy) is 4. The molecular weight excluding hydrogens is 1020 g/mol. The van der Waals surface area contributed by atoms with E-state index in [9.17, 15) is 75.4 Å². The van der Waals surface area contributed by atoms with Crippen LogP contribution in [0.1, 0.15) is 79.4 Å². The Morgan fingerprint density at radius 1 is 0.676 bits per heavy atom. The van der Waals surface area contributed by atoms with Gasteiger partial charge in [-0.25, -0.2) is 9.59 Å². The first kappa shape index (κ1) is 62.4. The number of alkyl halides is 17. The third kappa shape index (κ3) is 13.9. The molecule has 2 rings (SSSR count). The van der Waals surface area contributed by atoms with E-state index >= 15 is 8.78 Å². The Hall–Kier alpha value is -4.75. The summed E-state index contributed by atoms with van der Waals surface area (Å²) in [6.07, 6.45) is -6.30. The molecule has 0 spiro atoms. The molecule has 404 valence electrons. The van der Waals surface area contributed by atoms with Crippen LogP contribution in [-0.2, 0) is 18.7 Å². The van der Waals surface area contributed by atoms with Crippen LogP contribution in [0.25, 0.3) is 0 Å². The van der Waals surface area contributed by atoms with Crippen LogP contribution in [-0.4, -0.2) is 94.9 Å². The fourth-order valence-corrected chi connectivity index (χ4v) is 11.6. The van der Waals surface area contributed by atoms with E-state index in [-0.39, 0.29) is 18.3 Å². The highest BCUT2D eigenvalue weighted by Gasteiger charge is 2.95. The second kappa shape index (κ2) is 23.9. The van der Waals surface area contributed by atoms with Gasteiger partial charge in [0.2, 0.25) is 0 Å². The average Bonchev–Trinajstić information content (AvgIpc) is 3.26. The molecule has 1 N–H and O–H groups in total. The summed E-state index contributed by atoms with van der Waals surface area (Å²) in [4.78, 5) is 24.8. The number of esters is 1. The van der Waals surface area contributed by atoms with Gasteiger partial charge in [-0.1, -0.05) is 58.9 Å². The molecule has 0 saturated carbocycles. The average molecular weight is 1070 g/mol. The second-order valence-electron chi connectivity index (χ2n) is 17.0. The Labute approximate surface area is 399 Å². The van der Waals surface area contributed by atoms with Gasteiger partial charge in [0.15, 0.2) is 8.32 Å². The molecule has 26 heteroatoms. The van der Waals surface area contributed by atoms with Crippen molar-refractivity contribution in [3.63, 3.8) is 0 Å². The molecule has 0 fully saturated rings. The van der Waals surface area contributed by atoms with E-state index in [1.54, 1.807) is 56.3 Å². The van der Waals surface area contributed by atoms with Crippen LogP contribution in [0.3, 0.4) is 0 Å². The molecule has 8 nitrogen and oxygen atoms in total. The maximum Gasteiger partial charge on any atom is 0.460 e. The molecule has 0 unspecified atom stereocenters. The summed E-state index contributed by atoms with van der Waals surface area (Å²) in [7, 11) is -2.56. The smallest absolute Gasteiger partial charge is 0.460 e. The molecule has 0 aliphatic carbocycles. The highest BCUT2D eigenvalue weighted by atomic mass is 28.4. The third-order valence-corrected chi connectivity index (χ3v) is 17.1. The van der Waals surface area contributed by atoms with Gasteiger partial charge in [0.05, 0.1) is 20.3 Å². The molecule has 71 heavy (non-hydrogen) atoms. The van der Waals surface area contributed by atoms with E-state index in [4.69, 9.17) is 23.4 Å². The minimum absolute atomic E-state index is 0.143. The van der Waals surface area contributed by atoms with Crippen molar-refractivity contribution in [1.29, 1.82) is 0 Å². The summed E-state index contributed by atoms with van der Waals surface area (Å²) in [6.45, 7) is 9.74. The summed E-state index contributed by atoms with van der Waals surface area (Å²) >= 11 is 0. The molecule has 2 aromatic carbocycles. The van der Waals surface area contributed by atoms with Crippen molar-refractivity contribution in [2.75, 3.05) is 32.2 Å². The molecule has 0 aromatic heterocycles. The van der Waals surface area contributed by atoms with E-state index < -0.39 is 111 Å². The van der Waals surface area contributed by atoms with Crippen LogP contribution in [0.4, 0.5) is 85.1 Å². The Morgan fingerprint density at radius 2 is 1.17 bits per heavy atom. The first-order valence-corrected chi connectivity index (χ1v) is 23.8. The van der Waals surface area contributed by atoms with Crippen LogP contribution in [0.5, 0.6) is 11.5 Å². The molecule has 0 saturated heterocycles. The third-order valence-electron chi connectivity index (χ3n) is 11.4. The van der Waals surface area contributed by atoms with Gasteiger partial charge < -0.3 is 23.4 Å². The fourth-order valence-electron chi connectivity index (χ4n) is 7.15. The number of hydrogen-bond donors (Lipinski definition) is 1. The summed E-state index contributed by atoms with van der Waals surface area (Å²) in [5, 5.41) is 2.62. The summed E-state index contributed by atoms with van der Waals surface area (Å²) < 4.78 is 264. The van der Waals surface area contributed by atoms with E-state index in [2.05, 4.69) is 5.32 Å². The topological polar surface area (TPSA) is 92.3 Å². The van der Waals surface area contributed by atoms with Crippen molar-refractivity contribution in [1.82, 2.24) is 0 Å². The van der Waals surface area contributed by atoms with Gasteiger partial charge in [-0.3, -0.25) is 5.32 Å². The van der Waals surface area contributed by atoms with Crippen LogP contribution in [0.15, 0.2) is 72.3 Å². The molecule has 2 aromatic rings. The Kier molecular flexibility index (Phi) is 21.0. The zero-order valence-corrected chi connectivity index (χ0v) is 40.4. The number of carbonyl (C=O) groups excluding carboxylic acids is 2. The molecule has 0 aliphatic heterocycles. The largest absolute Gasteiger partial charge is 0.497 e. The number of amides is 1. The molecule has 0 radical (unpaired) electrons. The first-order chi connectivity index (χ1) is 32.3. The molecular formula is C45H54F17NO7Si. The SMILES string of the molecule is CCOC(=O)/C=C(C)/C=C/CC[C@H](C)[C@H](OC(=O)Nc1ccc(OC)cc1)c1ccc(OCCO[Si](CCC(F)(F)C(F)(F)C(F)(F)C(F)(F)C(F)(F)C(F)(F)C(F)(F)C(F)(F)F)(C(C)C)C(C)C)cc1. The number of rotatable bonds is 27. The number of allylic oxidation sites excluding steroid dienone is 3. The number of anilines is 1. The van der Waals surface area contributed by atoms with Gasteiger partial charge >= 0.3 is 59.7 Å². The number of halogens is 17. The minimum atomic E-state index is -8.70. The van der Waals surface area contributed by atoms with E-state index in [1.807, 2.05) is 13.0 Å². The number of benzene rings is 2. The van der Waals surface area contributed by atoms with Gasteiger partial charge in [0.1, 0.15) is 24.2 Å². The van der Waals surface area contributed by atoms with Gasteiger partial charge in [-0.2, -0.15) is 74.6 Å². The lowest BCUT2D eigenvalue weighted by molar-refractivity contribution is -0.461. The Balaban J connectivity index is 2.30. The molecule has 2 atom stereocenters. The van der Waals surface area contributed by atoms with E-state index in [1.165, 1.54) is 53.0 Å². The van der Waals surface area contributed by atoms with Gasteiger partial charge in [-0.05, 0) is 97.3 Å². The highest BCUT2D eigenvalue weighted by molar-refractivity contribution is 6.76. The standard InChI is InChI=1S/C45H54F17NO7Si/c1-9-67-35(64)26-29(6)12-10-11-13-30(7)36(70-37(65)63-32-16-20-33(66-8)21-17-32)31-14-18-34(19-15-31)68-23-24-69-71(27(2)3,28(4)5)25-22-38(46,47)39(48,49)40(50,51)41(52,53)42(54,55)43(56,57)44(58,59)45(60,61)62/h10,12,14-21,26-28,30,36H,9,11,13,22-25H2,1-8H3,(H,63,65)/b12-10+,29-26+/t30-,36-/m0/s1. The van der Waals surface area contributed by atoms with Crippen molar-refractivity contribution in [3.8, 4) is 11.5 Å². The van der Waals surface area contributed by atoms with Crippen molar-refractivity contribution in [2.45, 2.75) is 139 Å². The Bertz CT molecular complexity index is 2090. The maximum absolute atomic E-state index is 15.1. The highest BCUT2D eigenvalue weighted by Crippen LogP contribution is 2.64. The molecule has 0 bridgehead atoms. The quantitative estimate of drug-likeness (QED) is 0.0238. The lowest BCUT2D eigenvalue weighted by Crippen LogP contribution is -2.74. The fraction of sp³-hybridized carbons (Fsp3) is 0.600. The molecule has 0 heterocycles. The number of hydrogen-bond acceptors (Lipinski definition) is 7. The van der Waals surface area contributed by atoms with Crippen molar-refractivity contribution < 1.29 is 108 Å². The van der Waals surface area contributed by atoms with Crippen molar-refractivity contribution in [2.24, 2.45) is 5.92 Å². The minimum Gasteiger partial charge on any atom is -0.497 e. The molecule has 0 aliphatic rings. The van der Waals surface area contributed by atoms with Gasteiger partial charge in [-0.15, -0.1) is 0 Å². The molecule has 1 amide bonds. The van der Waals surface area contributed by atoms with Gasteiger partial charge in [0, 0.05) is 18.2 Å². The zero-order valence-electron chi connectivity index (χ0n) is 39.4. The summed E-state index contributed by atoms with van der Waals surface area (Å²) in [5.41, 5.74) is -0.280. The summed E-state index contributed by atoms with van der Waals surface area (Å²) in [5.74, 6) is -57.0. The van der Waals surface area contributed by atoms with Crippen LogP contribution >= 0.6 is 0 Å². The van der Waals surface area contributed by atoms with Crippen LogP contribution in [0.2, 0.25) is 17.1 Å². The van der Waals surface area contributed by atoms with Crippen molar-refractivity contribution >= 4 is 26.1 Å². The maximum atomic E-state index is 15.1. The zero-order chi connectivity index (χ0) is 54.8. The van der Waals surface area contributed by atoms with Crippen molar-refractivity contribution in [3.05, 3.63) is 77.9 Å². The first-order valence-electron chi connectivity index (χ1n) is 21.6. The Morgan fingerprint density at radius 3 is 1.65 bits per heavy atom. The predicted octanol–water partition coefficient (Wildman–Crippen LogP) is 15.0. The lowest BCUT2D eigenvalue weighted by atomic mass is 9.88. The van der Waals surface area contributed by atoms with E-state index in [0.29, 0.717) is 35.4 Å². The predicted molar refractivity (Wildman–Crippen MR) is 228 cm³/mol. The number of nitrogens with one attached hydrogen (secondary N) is 1. The number of carbonyl (C=O) groups is 2. The second-order valence-corrected chi connectivity index (χ2v) is 22.0. The van der Waals surface area contributed by atoms with E-state index in [0.717, 1.165) is 0 Å².